The Morgan fingerprint density at radius 2 is 1.85 bits per heavy atom. The summed E-state index contributed by atoms with van der Waals surface area (Å²) >= 11 is 0. The summed E-state index contributed by atoms with van der Waals surface area (Å²) in [4.78, 5) is 20.2. The number of aromatic nitrogens is 4. The number of unbranched alkanes of at least 4 members (excludes halogenated alkanes) is 1. The lowest BCUT2D eigenvalue weighted by molar-refractivity contribution is -0.131. The van der Waals surface area contributed by atoms with Crippen LogP contribution in [-0.4, -0.2) is 56.0 Å². The van der Waals surface area contributed by atoms with E-state index >= 15 is 0 Å². The third kappa shape index (κ3) is 4.74. The Kier molecular flexibility index (Phi) is 6.74. The number of nitrogens with one attached hydrogen (secondary N) is 1. The van der Waals surface area contributed by atoms with Gasteiger partial charge in [-0.2, -0.15) is 0 Å². The quantitative estimate of drug-likeness (QED) is 0.332. The number of hydrogen-bond acceptors (Lipinski definition) is 6. The van der Waals surface area contributed by atoms with Gasteiger partial charge in [-0.05, 0) is 57.3 Å². The van der Waals surface area contributed by atoms with E-state index < -0.39 is 5.54 Å². The first-order valence-corrected chi connectivity index (χ1v) is 13.3. The molecule has 3 heterocycles. The highest BCUT2D eigenvalue weighted by Gasteiger charge is 2.50. The Morgan fingerprint density at radius 3 is 2.56 bits per heavy atom. The van der Waals surface area contributed by atoms with Crippen LogP contribution >= 0.6 is 0 Å². The number of tetrazole rings is 1. The average molecular weight is 525 g/mol. The molecule has 0 radical (unpaired) electrons. The number of carbonyl (C=O) groups is 1. The number of aromatic amines is 1. The topological polar surface area (TPSA) is 96.4 Å². The van der Waals surface area contributed by atoms with E-state index in [4.69, 9.17) is 9.73 Å². The first-order valence-electron chi connectivity index (χ1n) is 13.3. The molecule has 1 amide bonds. The number of ether oxygens (including phenoxy) is 1. The van der Waals surface area contributed by atoms with Crippen LogP contribution in [0.2, 0.25) is 0 Å². The maximum Gasteiger partial charge on any atom is 0.258 e. The monoisotopic (exact) mass is 524 g/mol. The van der Waals surface area contributed by atoms with Crippen LogP contribution < -0.4 is 0 Å². The zero-order chi connectivity index (χ0) is 26.8. The molecule has 2 aliphatic heterocycles. The van der Waals surface area contributed by atoms with Gasteiger partial charge in [-0.15, -0.1) is 5.10 Å². The van der Waals surface area contributed by atoms with Crippen molar-refractivity contribution >= 4 is 11.7 Å². The molecule has 6 rings (SSSR count). The smallest absolute Gasteiger partial charge is 0.258 e. The Balaban J connectivity index is 1.32. The van der Waals surface area contributed by atoms with Gasteiger partial charge in [0.2, 0.25) is 0 Å². The predicted molar refractivity (Wildman–Crippen MR) is 146 cm³/mol. The molecular weight excluding hydrogens is 495 g/mol. The summed E-state index contributed by atoms with van der Waals surface area (Å²) in [6.07, 6.45) is 3.43. The number of benzene rings is 3. The molecule has 39 heavy (non-hydrogen) atoms. The van der Waals surface area contributed by atoms with Crippen molar-refractivity contribution in [1.29, 1.82) is 0 Å². The summed E-state index contributed by atoms with van der Waals surface area (Å²) in [5.41, 5.74) is 4.12. The van der Waals surface area contributed by atoms with Gasteiger partial charge in [-0.25, -0.2) is 9.49 Å². The summed E-state index contributed by atoms with van der Waals surface area (Å²) < 4.78 is 20.2. The number of hydrogen-bond donors (Lipinski definition) is 1. The molecule has 1 unspecified atom stereocenters. The van der Waals surface area contributed by atoms with Gasteiger partial charge < -0.3 is 4.74 Å². The maximum atomic E-state index is 14.6. The number of carbonyl (C=O) groups excluding carboxylic acids is 1. The molecule has 9 heteroatoms. The molecule has 1 spiro atoms. The van der Waals surface area contributed by atoms with Crippen LogP contribution in [-0.2, 0) is 16.1 Å². The SMILES string of the molecule is CCCCC1=NC2(CCOC2)C(=O)N1Cc1ccc(-c2cc(-c3ccccc3F)ccc2-c2nnn[nH]2)cc1. The van der Waals surface area contributed by atoms with E-state index in [0.717, 1.165) is 52.9 Å². The third-order valence-corrected chi connectivity index (χ3v) is 7.46. The van der Waals surface area contributed by atoms with E-state index in [-0.39, 0.29) is 11.7 Å². The standard InChI is InChI=1S/C30H29FN6O2/c1-2-3-8-27-32-30(15-16-39-19-30)29(38)37(27)18-20-9-11-21(12-10-20)25-17-22(23-6-4-5-7-26(23)31)13-14-24(25)28-33-35-36-34-28/h4-7,9-14,17H,2-3,8,15-16,18-19H2,1H3,(H,33,34,35,36). The molecule has 3 aromatic carbocycles. The van der Waals surface area contributed by atoms with Crippen molar-refractivity contribution in [1.82, 2.24) is 25.5 Å². The normalized spacial score (nSPS) is 18.8. The largest absolute Gasteiger partial charge is 0.378 e. The summed E-state index contributed by atoms with van der Waals surface area (Å²) in [7, 11) is 0. The number of H-pyrrole nitrogens is 1. The van der Waals surface area contributed by atoms with Crippen LogP contribution in [0.15, 0.2) is 71.7 Å². The van der Waals surface area contributed by atoms with E-state index in [1.54, 1.807) is 12.1 Å². The number of amides is 1. The van der Waals surface area contributed by atoms with Crippen LogP contribution in [0.3, 0.4) is 0 Å². The molecule has 8 nitrogen and oxygen atoms in total. The molecule has 4 aromatic rings. The number of aliphatic imine (C=N–C) groups is 1. The van der Waals surface area contributed by atoms with E-state index in [0.29, 0.717) is 37.6 Å². The minimum atomic E-state index is -0.754. The van der Waals surface area contributed by atoms with Gasteiger partial charge in [0.25, 0.3) is 5.91 Å². The fourth-order valence-electron chi connectivity index (χ4n) is 5.32. The van der Waals surface area contributed by atoms with Gasteiger partial charge >= 0.3 is 0 Å². The van der Waals surface area contributed by atoms with Crippen molar-refractivity contribution in [3.05, 3.63) is 78.1 Å². The zero-order valence-electron chi connectivity index (χ0n) is 21.7. The Labute approximate surface area is 225 Å². The van der Waals surface area contributed by atoms with Gasteiger partial charge in [-0.3, -0.25) is 14.7 Å². The Morgan fingerprint density at radius 1 is 1.03 bits per heavy atom. The minimum Gasteiger partial charge on any atom is -0.378 e. The van der Waals surface area contributed by atoms with Crippen LogP contribution in [0.5, 0.6) is 0 Å². The molecule has 1 atom stereocenters. The summed E-state index contributed by atoms with van der Waals surface area (Å²) in [5, 5.41) is 14.4. The van der Waals surface area contributed by atoms with Gasteiger partial charge in [0, 0.05) is 30.6 Å². The maximum absolute atomic E-state index is 14.6. The third-order valence-electron chi connectivity index (χ3n) is 7.46. The second kappa shape index (κ2) is 10.5. The number of rotatable bonds is 8. The highest BCUT2D eigenvalue weighted by atomic mass is 19.1. The lowest BCUT2D eigenvalue weighted by atomic mass is 9.93. The van der Waals surface area contributed by atoms with Crippen molar-refractivity contribution in [3.63, 3.8) is 0 Å². The lowest BCUT2D eigenvalue weighted by Gasteiger charge is -2.22. The Hall–Kier alpha value is -4.24. The lowest BCUT2D eigenvalue weighted by Crippen LogP contribution is -2.42. The second-order valence-electron chi connectivity index (χ2n) is 10.0. The van der Waals surface area contributed by atoms with E-state index in [1.165, 1.54) is 6.07 Å². The van der Waals surface area contributed by atoms with Gasteiger partial charge in [-0.1, -0.05) is 61.9 Å². The highest BCUT2D eigenvalue weighted by molar-refractivity contribution is 6.08. The van der Waals surface area contributed by atoms with Crippen LogP contribution in [0.1, 0.15) is 38.2 Å². The highest BCUT2D eigenvalue weighted by Crippen LogP contribution is 2.36. The molecule has 0 aliphatic carbocycles. The second-order valence-corrected chi connectivity index (χ2v) is 10.0. The van der Waals surface area contributed by atoms with Gasteiger partial charge in [0.15, 0.2) is 11.4 Å². The molecule has 2 aliphatic rings. The van der Waals surface area contributed by atoms with Crippen molar-refractivity contribution in [2.45, 2.75) is 44.7 Å². The first-order chi connectivity index (χ1) is 19.1. The number of halogens is 1. The molecule has 1 saturated heterocycles. The minimum absolute atomic E-state index is 0.0351. The molecule has 1 aromatic heterocycles. The zero-order valence-corrected chi connectivity index (χ0v) is 21.7. The molecular formula is C30H29FN6O2. The van der Waals surface area contributed by atoms with Crippen molar-refractivity contribution in [2.24, 2.45) is 4.99 Å². The van der Waals surface area contributed by atoms with Crippen LogP contribution in [0, 0.1) is 5.82 Å². The van der Waals surface area contributed by atoms with Gasteiger partial charge in [0.1, 0.15) is 11.7 Å². The van der Waals surface area contributed by atoms with E-state index in [1.807, 2.05) is 53.4 Å². The Bertz CT molecular complexity index is 1510. The van der Waals surface area contributed by atoms with Crippen molar-refractivity contribution < 1.29 is 13.9 Å². The van der Waals surface area contributed by atoms with E-state index in [9.17, 15) is 9.18 Å². The van der Waals surface area contributed by atoms with Crippen LogP contribution in [0.4, 0.5) is 4.39 Å². The van der Waals surface area contributed by atoms with Crippen molar-refractivity contribution in [2.75, 3.05) is 13.2 Å². The van der Waals surface area contributed by atoms with E-state index in [2.05, 4.69) is 27.5 Å². The molecule has 0 saturated carbocycles. The average Bonchev–Trinajstić information content (AvgIpc) is 3.72. The molecule has 198 valence electrons. The predicted octanol–water partition coefficient (Wildman–Crippen LogP) is 5.43. The van der Waals surface area contributed by atoms with Crippen LogP contribution in [0.25, 0.3) is 33.6 Å². The van der Waals surface area contributed by atoms with Crippen molar-refractivity contribution in [3.8, 4) is 33.6 Å². The summed E-state index contributed by atoms with van der Waals surface area (Å²) in [6, 6.07) is 20.5. The summed E-state index contributed by atoms with van der Waals surface area (Å²) in [6.45, 7) is 3.51. The molecule has 1 fully saturated rings. The fraction of sp³-hybridized carbons (Fsp3) is 0.300. The number of nitrogens with zero attached hydrogens (tertiary/aromatic N) is 5. The first kappa shape index (κ1) is 25.1. The molecule has 1 N–H and O–H groups in total. The fourth-order valence-corrected chi connectivity index (χ4v) is 5.32. The summed E-state index contributed by atoms with van der Waals surface area (Å²) in [5.74, 6) is 1.13. The number of amidine groups is 1. The molecule has 0 bridgehead atoms. The van der Waals surface area contributed by atoms with Gasteiger partial charge in [0.05, 0.1) is 13.2 Å².